The first kappa shape index (κ1) is 41.1. The van der Waals surface area contributed by atoms with Gasteiger partial charge in [0.15, 0.2) is 0 Å². The maximum Gasteiger partial charge on any atom is 0.217 e. The number of rotatable bonds is 13. The van der Waals surface area contributed by atoms with Crippen LogP contribution < -0.4 is 10.6 Å². The van der Waals surface area contributed by atoms with Crippen molar-refractivity contribution < 1.29 is 9.53 Å². The number of nitrogens with one attached hydrogen (secondary N) is 2. The summed E-state index contributed by atoms with van der Waals surface area (Å²) in [6.45, 7) is 29.1. The molecule has 0 aliphatic heterocycles. The quantitative estimate of drug-likeness (QED) is 0.247. The van der Waals surface area contributed by atoms with Gasteiger partial charge in [0.25, 0.3) is 0 Å². The molecule has 1 aromatic rings. The molecule has 2 N–H and O–H groups in total. The van der Waals surface area contributed by atoms with Crippen molar-refractivity contribution in [2.24, 2.45) is 35.5 Å². The average molecular weight is 537 g/mol. The van der Waals surface area contributed by atoms with E-state index in [-0.39, 0.29) is 5.91 Å². The fourth-order valence-electron chi connectivity index (χ4n) is 3.55. The van der Waals surface area contributed by atoms with E-state index >= 15 is 0 Å². The number of ether oxygens (including phenoxy) is 1. The van der Waals surface area contributed by atoms with Crippen LogP contribution in [0.5, 0.6) is 0 Å². The lowest BCUT2D eigenvalue weighted by Gasteiger charge is -2.20. The first-order valence-electron chi connectivity index (χ1n) is 15.2. The van der Waals surface area contributed by atoms with E-state index in [1.54, 1.807) is 14.0 Å². The van der Waals surface area contributed by atoms with Crippen LogP contribution >= 0.6 is 0 Å². The molecule has 1 rings (SSSR count). The molecule has 38 heavy (non-hydrogen) atoms. The molecule has 1 amide bonds. The summed E-state index contributed by atoms with van der Waals surface area (Å²) in [4.78, 5) is 10.7. The molecule has 0 spiro atoms. The Bertz CT molecular complexity index is 577. The highest BCUT2D eigenvalue weighted by Crippen LogP contribution is 2.16. The molecular formula is C34H68N2O2. The zero-order valence-electron chi connectivity index (χ0n) is 27.9. The molecule has 0 aliphatic rings. The standard InChI is InChI=1S/C10H23NO.C10H21NO.C8H18.C6H6/c1-8(2)9(3)6-10(4)11-7-12-5;1-7(2)8(3)6-9(4)11-10(5)12;1-5-6-8(4)7(2)3;1-2-4-6-5-3-1/h8-11H,6-7H2,1-5H3;7-9H,6H2,1-5H3,(H,11,12);7-8H,5-6H2,1-4H3;1-6H. The Kier molecular flexibility index (Phi) is 29.4. The fourth-order valence-corrected chi connectivity index (χ4v) is 3.55. The smallest absolute Gasteiger partial charge is 0.217 e. The van der Waals surface area contributed by atoms with Crippen molar-refractivity contribution in [2.75, 3.05) is 13.8 Å². The summed E-state index contributed by atoms with van der Waals surface area (Å²) in [7, 11) is 1.71. The summed E-state index contributed by atoms with van der Waals surface area (Å²) >= 11 is 0. The van der Waals surface area contributed by atoms with Crippen molar-refractivity contribution in [2.45, 2.75) is 128 Å². The highest BCUT2D eigenvalue weighted by Gasteiger charge is 2.12. The second kappa shape index (κ2) is 27.2. The second-order valence-electron chi connectivity index (χ2n) is 12.2. The topological polar surface area (TPSA) is 50.4 Å². The minimum Gasteiger partial charge on any atom is -0.370 e. The van der Waals surface area contributed by atoms with E-state index in [1.807, 2.05) is 36.4 Å². The maximum atomic E-state index is 10.7. The molecule has 5 atom stereocenters. The van der Waals surface area contributed by atoms with Gasteiger partial charge in [-0.3, -0.25) is 10.1 Å². The van der Waals surface area contributed by atoms with Gasteiger partial charge in [-0.15, -0.1) is 0 Å². The number of carbonyl (C=O) groups excluding carboxylic acids is 1. The number of methoxy groups -OCH3 is 1. The van der Waals surface area contributed by atoms with Gasteiger partial charge in [0.1, 0.15) is 0 Å². The van der Waals surface area contributed by atoms with Gasteiger partial charge in [0.05, 0.1) is 6.73 Å². The van der Waals surface area contributed by atoms with Crippen LogP contribution in [0, 0.1) is 35.5 Å². The molecule has 5 unspecified atom stereocenters. The molecule has 226 valence electrons. The number of carbonyl (C=O) groups is 1. The molecule has 1 aromatic carbocycles. The van der Waals surface area contributed by atoms with Crippen molar-refractivity contribution in [3.63, 3.8) is 0 Å². The summed E-state index contributed by atoms with van der Waals surface area (Å²) in [5, 5.41) is 6.19. The van der Waals surface area contributed by atoms with Crippen LogP contribution in [-0.2, 0) is 9.53 Å². The highest BCUT2D eigenvalue weighted by atomic mass is 16.5. The number of hydrogen-bond acceptors (Lipinski definition) is 3. The van der Waals surface area contributed by atoms with Gasteiger partial charge in [-0.1, -0.05) is 118 Å². The highest BCUT2D eigenvalue weighted by molar-refractivity contribution is 5.73. The number of benzene rings is 1. The van der Waals surface area contributed by atoms with E-state index in [1.165, 1.54) is 19.3 Å². The van der Waals surface area contributed by atoms with Crippen molar-refractivity contribution in [3.05, 3.63) is 36.4 Å². The number of hydrogen-bond donors (Lipinski definition) is 2. The summed E-state index contributed by atoms with van der Waals surface area (Å²) in [6.07, 6.45) is 5.01. The Morgan fingerprint density at radius 1 is 0.658 bits per heavy atom. The van der Waals surface area contributed by atoms with Crippen molar-refractivity contribution in [1.82, 2.24) is 10.6 Å². The van der Waals surface area contributed by atoms with E-state index in [0.717, 1.165) is 30.1 Å². The van der Waals surface area contributed by atoms with Crippen LogP contribution in [-0.4, -0.2) is 31.8 Å². The van der Waals surface area contributed by atoms with E-state index in [0.29, 0.717) is 30.7 Å². The van der Waals surface area contributed by atoms with Crippen molar-refractivity contribution in [3.8, 4) is 0 Å². The SMILES string of the molecule is CC(=O)NC(C)CC(C)C(C)C.CCCC(C)C(C)C.COCNC(C)CC(C)C(C)C.c1ccccc1. The average Bonchev–Trinajstić information content (AvgIpc) is 2.84. The Labute approximate surface area is 239 Å². The van der Waals surface area contributed by atoms with Crippen LogP contribution in [0.4, 0.5) is 0 Å². The normalized spacial score (nSPS) is 14.6. The number of amides is 1. The molecule has 4 heteroatoms. The van der Waals surface area contributed by atoms with Gasteiger partial charge >= 0.3 is 0 Å². The van der Waals surface area contributed by atoms with E-state index < -0.39 is 0 Å². The van der Waals surface area contributed by atoms with Gasteiger partial charge in [-0.2, -0.15) is 0 Å². The van der Waals surface area contributed by atoms with Crippen LogP contribution in [0.25, 0.3) is 0 Å². The first-order chi connectivity index (χ1) is 17.7. The Morgan fingerprint density at radius 2 is 1.03 bits per heavy atom. The fraction of sp³-hybridized carbons (Fsp3) is 0.794. The van der Waals surface area contributed by atoms with E-state index in [9.17, 15) is 4.79 Å². The molecular weight excluding hydrogens is 468 g/mol. The van der Waals surface area contributed by atoms with Crippen molar-refractivity contribution in [1.29, 1.82) is 0 Å². The zero-order valence-corrected chi connectivity index (χ0v) is 27.9. The third kappa shape index (κ3) is 30.8. The lowest BCUT2D eigenvalue weighted by atomic mass is 9.92. The minimum absolute atomic E-state index is 0.0680. The molecule has 0 fully saturated rings. The van der Waals surface area contributed by atoms with Crippen LogP contribution in [0.15, 0.2) is 36.4 Å². The summed E-state index contributed by atoms with van der Waals surface area (Å²) < 4.78 is 4.94. The molecule has 0 aromatic heterocycles. The molecule has 0 bridgehead atoms. The van der Waals surface area contributed by atoms with Crippen LogP contribution in [0.3, 0.4) is 0 Å². The monoisotopic (exact) mass is 537 g/mol. The van der Waals surface area contributed by atoms with Crippen LogP contribution in [0.1, 0.15) is 116 Å². The second-order valence-corrected chi connectivity index (χ2v) is 12.2. The molecule has 0 saturated heterocycles. The summed E-state index contributed by atoms with van der Waals surface area (Å²) in [5.41, 5.74) is 0. The van der Waals surface area contributed by atoms with Crippen LogP contribution in [0.2, 0.25) is 0 Å². The minimum atomic E-state index is 0.0680. The molecule has 0 heterocycles. The molecule has 0 radical (unpaired) electrons. The molecule has 4 nitrogen and oxygen atoms in total. The Hall–Kier alpha value is -1.39. The predicted octanol–water partition coefficient (Wildman–Crippen LogP) is 9.21. The third-order valence-corrected chi connectivity index (χ3v) is 7.30. The third-order valence-electron chi connectivity index (χ3n) is 7.30. The van der Waals surface area contributed by atoms with Gasteiger partial charge < -0.3 is 10.1 Å². The summed E-state index contributed by atoms with van der Waals surface area (Å²) in [5.74, 6) is 4.78. The molecule has 0 saturated carbocycles. The summed E-state index contributed by atoms with van der Waals surface area (Å²) in [6, 6.07) is 12.9. The largest absolute Gasteiger partial charge is 0.370 e. The van der Waals surface area contributed by atoms with Gasteiger partial charge in [0, 0.05) is 26.1 Å². The molecule has 0 aliphatic carbocycles. The Balaban J connectivity index is -0.000000443. The Morgan fingerprint density at radius 3 is 1.29 bits per heavy atom. The predicted molar refractivity (Wildman–Crippen MR) is 170 cm³/mol. The lowest BCUT2D eigenvalue weighted by molar-refractivity contribution is -0.119. The van der Waals surface area contributed by atoms with Gasteiger partial charge in [-0.05, 0) is 62.2 Å². The van der Waals surface area contributed by atoms with E-state index in [2.05, 4.69) is 93.7 Å². The van der Waals surface area contributed by atoms with Gasteiger partial charge in [-0.25, -0.2) is 0 Å². The van der Waals surface area contributed by atoms with Crippen molar-refractivity contribution >= 4 is 5.91 Å². The van der Waals surface area contributed by atoms with E-state index in [4.69, 9.17) is 4.74 Å². The first-order valence-corrected chi connectivity index (χ1v) is 15.2. The lowest BCUT2D eigenvalue weighted by Crippen LogP contribution is -2.32. The van der Waals surface area contributed by atoms with Gasteiger partial charge in [0.2, 0.25) is 5.91 Å². The maximum absolute atomic E-state index is 10.7. The zero-order chi connectivity index (χ0) is 30.1.